The van der Waals surface area contributed by atoms with Crippen molar-refractivity contribution in [3.63, 3.8) is 0 Å². The first-order valence-corrected chi connectivity index (χ1v) is 10.1. The molecule has 0 bridgehead atoms. The molecule has 2 aliphatic rings. The maximum Gasteiger partial charge on any atom is 0.303 e. The summed E-state index contributed by atoms with van der Waals surface area (Å²) in [5.41, 5.74) is 4.44. The van der Waals surface area contributed by atoms with Crippen molar-refractivity contribution >= 4 is 11.9 Å². The van der Waals surface area contributed by atoms with E-state index in [1.54, 1.807) is 0 Å². The van der Waals surface area contributed by atoms with E-state index < -0.39 is 5.97 Å². The number of hydrogen-bond acceptors (Lipinski definition) is 4. The van der Waals surface area contributed by atoms with Crippen LogP contribution in [0.2, 0.25) is 0 Å². The molecule has 7 nitrogen and oxygen atoms in total. The molecule has 1 N–H and O–H groups in total. The molecule has 29 heavy (non-hydrogen) atoms. The van der Waals surface area contributed by atoms with E-state index in [2.05, 4.69) is 5.10 Å². The number of carboxylic acid groups (broad SMARTS) is 1. The van der Waals surface area contributed by atoms with E-state index in [0.29, 0.717) is 12.0 Å². The van der Waals surface area contributed by atoms with Crippen LogP contribution in [0.3, 0.4) is 0 Å². The fraction of sp³-hybridized carbons (Fsp3) is 0.500. The molecule has 0 saturated carbocycles. The first-order chi connectivity index (χ1) is 13.9. The number of likely N-dealkylation sites (tertiary alicyclic amines) is 1. The highest BCUT2D eigenvalue weighted by Gasteiger charge is 2.42. The van der Waals surface area contributed by atoms with Gasteiger partial charge in [0, 0.05) is 42.8 Å². The van der Waals surface area contributed by atoms with Crippen molar-refractivity contribution < 1.29 is 19.4 Å². The highest BCUT2D eigenvalue weighted by atomic mass is 16.5. The minimum absolute atomic E-state index is 0.0656. The number of carboxylic acids is 1. The number of rotatable bonds is 5. The maximum atomic E-state index is 12.9. The summed E-state index contributed by atoms with van der Waals surface area (Å²) in [4.78, 5) is 25.8. The normalized spacial score (nSPS) is 21.2. The van der Waals surface area contributed by atoms with E-state index >= 15 is 0 Å². The van der Waals surface area contributed by atoms with Gasteiger partial charge in [-0.3, -0.25) is 9.59 Å². The van der Waals surface area contributed by atoms with Gasteiger partial charge >= 0.3 is 5.97 Å². The van der Waals surface area contributed by atoms with E-state index in [-0.39, 0.29) is 17.7 Å². The molecule has 2 fully saturated rings. The molecule has 0 radical (unpaired) electrons. The number of carbonyl (C=O) groups is 2. The number of hydrogen-bond donors (Lipinski definition) is 1. The Morgan fingerprint density at radius 2 is 1.97 bits per heavy atom. The van der Waals surface area contributed by atoms with Crippen LogP contribution in [0, 0.1) is 19.3 Å². The lowest BCUT2D eigenvalue weighted by molar-refractivity contribution is -0.136. The van der Waals surface area contributed by atoms with Crippen molar-refractivity contribution in [2.24, 2.45) is 5.41 Å². The van der Waals surface area contributed by atoms with Gasteiger partial charge in [-0.1, -0.05) is 0 Å². The van der Waals surface area contributed by atoms with Gasteiger partial charge in [0.2, 0.25) is 0 Å². The number of benzene rings is 1. The molecule has 7 heteroatoms. The third-order valence-corrected chi connectivity index (χ3v) is 6.30. The maximum absolute atomic E-state index is 12.9. The van der Waals surface area contributed by atoms with Crippen molar-refractivity contribution in [3.05, 3.63) is 46.8 Å². The van der Waals surface area contributed by atoms with Gasteiger partial charge in [-0.15, -0.1) is 0 Å². The summed E-state index contributed by atoms with van der Waals surface area (Å²) in [6.07, 6.45) is 2.60. The summed E-state index contributed by atoms with van der Waals surface area (Å²) in [7, 11) is 0. The van der Waals surface area contributed by atoms with E-state index in [1.165, 1.54) is 0 Å². The molecule has 1 atom stereocenters. The lowest BCUT2D eigenvalue weighted by Crippen LogP contribution is -2.32. The molecule has 1 aromatic carbocycles. The second kappa shape index (κ2) is 7.63. The molecule has 3 heterocycles. The molecule has 1 spiro atoms. The number of aliphatic carboxylic acids is 1. The van der Waals surface area contributed by atoms with Crippen LogP contribution in [-0.4, -0.2) is 58.0 Å². The summed E-state index contributed by atoms with van der Waals surface area (Å²) in [6.45, 7) is 6.97. The molecule has 0 aliphatic carbocycles. The second-order valence-electron chi connectivity index (χ2n) is 8.28. The van der Waals surface area contributed by atoms with Crippen molar-refractivity contribution in [1.82, 2.24) is 14.7 Å². The molecule has 2 aliphatic heterocycles. The first kappa shape index (κ1) is 19.6. The standard InChI is InChI=1S/C22H27N3O4/c1-15-19(7-8-20(26)27)16(2)25(23-15)18-5-3-17(4-6-18)21(28)24-11-9-22(13-24)10-12-29-14-22/h3-6H,7-14H2,1-2H3,(H,26,27)/t22-/m1/s1. The summed E-state index contributed by atoms with van der Waals surface area (Å²) >= 11 is 0. The zero-order valence-corrected chi connectivity index (χ0v) is 17.0. The molecule has 0 unspecified atom stereocenters. The van der Waals surface area contributed by atoms with E-state index in [9.17, 15) is 9.59 Å². The Morgan fingerprint density at radius 3 is 2.62 bits per heavy atom. The molecule has 2 aromatic rings. The number of aryl methyl sites for hydroxylation is 1. The topological polar surface area (TPSA) is 84.7 Å². The predicted octanol–water partition coefficient (Wildman–Crippen LogP) is 2.76. The van der Waals surface area contributed by atoms with Crippen LogP contribution in [0.25, 0.3) is 5.69 Å². The monoisotopic (exact) mass is 397 g/mol. The number of carbonyl (C=O) groups excluding carboxylic acids is 1. The van der Waals surface area contributed by atoms with Crippen LogP contribution in [-0.2, 0) is 16.0 Å². The van der Waals surface area contributed by atoms with Crippen LogP contribution < -0.4 is 0 Å². The van der Waals surface area contributed by atoms with Crippen molar-refractivity contribution in [2.45, 2.75) is 39.5 Å². The number of ether oxygens (including phenoxy) is 1. The fourth-order valence-electron chi connectivity index (χ4n) is 4.53. The quantitative estimate of drug-likeness (QED) is 0.839. The Morgan fingerprint density at radius 1 is 1.21 bits per heavy atom. The Labute approximate surface area is 170 Å². The molecule has 4 rings (SSSR count). The molecule has 1 amide bonds. The molecular weight excluding hydrogens is 370 g/mol. The largest absolute Gasteiger partial charge is 0.481 e. The zero-order chi connectivity index (χ0) is 20.6. The zero-order valence-electron chi connectivity index (χ0n) is 17.0. The second-order valence-corrected chi connectivity index (χ2v) is 8.28. The van der Waals surface area contributed by atoms with Crippen LogP contribution in [0.15, 0.2) is 24.3 Å². The van der Waals surface area contributed by atoms with Crippen molar-refractivity contribution in [3.8, 4) is 5.69 Å². The van der Waals surface area contributed by atoms with Crippen LogP contribution in [0.4, 0.5) is 0 Å². The SMILES string of the molecule is Cc1nn(-c2ccc(C(=O)N3CC[C@@]4(CCOC4)C3)cc2)c(C)c1CCC(=O)O. The molecule has 154 valence electrons. The minimum atomic E-state index is -0.813. The predicted molar refractivity (Wildman–Crippen MR) is 107 cm³/mol. The Balaban J connectivity index is 1.49. The van der Waals surface area contributed by atoms with Gasteiger partial charge in [0.25, 0.3) is 5.91 Å². The summed E-state index contributed by atoms with van der Waals surface area (Å²) < 4.78 is 7.37. The van der Waals surface area contributed by atoms with Crippen LogP contribution in [0.1, 0.15) is 46.6 Å². The summed E-state index contributed by atoms with van der Waals surface area (Å²) in [6, 6.07) is 7.50. The summed E-state index contributed by atoms with van der Waals surface area (Å²) in [5.74, 6) is -0.747. The highest BCUT2D eigenvalue weighted by molar-refractivity contribution is 5.94. The van der Waals surface area contributed by atoms with Gasteiger partial charge in [0.05, 0.1) is 18.0 Å². The first-order valence-electron chi connectivity index (χ1n) is 10.1. The van der Waals surface area contributed by atoms with E-state index in [4.69, 9.17) is 9.84 Å². The smallest absolute Gasteiger partial charge is 0.303 e. The molecular formula is C22H27N3O4. The minimum Gasteiger partial charge on any atom is -0.481 e. The Hall–Kier alpha value is -2.67. The average molecular weight is 397 g/mol. The number of amides is 1. The highest BCUT2D eigenvalue weighted by Crippen LogP contribution is 2.38. The third-order valence-electron chi connectivity index (χ3n) is 6.30. The van der Waals surface area contributed by atoms with Crippen LogP contribution in [0.5, 0.6) is 0 Å². The third kappa shape index (κ3) is 3.79. The fourth-order valence-corrected chi connectivity index (χ4v) is 4.53. The van der Waals surface area contributed by atoms with Gasteiger partial charge in [-0.25, -0.2) is 4.68 Å². The lowest BCUT2D eigenvalue weighted by atomic mass is 9.87. The lowest BCUT2D eigenvalue weighted by Gasteiger charge is -2.22. The van der Waals surface area contributed by atoms with Crippen molar-refractivity contribution in [1.29, 1.82) is 0 Å². The van der Waals surface area contributed by atoms with Crippen molar-refractivity contribution in [2.75, 3.05) is 26.3 Å². The Bertz CT molecular complexity index is 926. The van der Waals surface area contributed by atoms with E-state index in [1.807, 2.05) is 47.7 Å². The van der Waals surface area contributed by atoms with Crippen LogP contribution >= 0.6 is 0 Å². The van der Waals surface area contributed by atoms with Gasteiger partial charge < -0.3 is 14.7 Å². The van der Waals surface area contributed by atoms with Gasteiger partial charge in [0.1, 0.15) is 0 Å². The van der Waals surface area contributed by atoms with E-state index in [0.717, 1.165) is 61.8 Å². The number of nitrogens with zero attached hydrogens (tertiary/aromatic N) is 3. The summed E-state index contributed by atoms with van der Waals surface area (Å²) in [5, 5.41) is 13.5. The number of aromatic nitrogens is 2. The van der Waals surface area contributed by atoms with Gasteiger partial charge in [-0.05, 0) is 62.9 Å². The molecule has 1 aromatic heterocycles. The molecule has 2 saturated heterocycles. The van der Waals surface area contributed by atoms with Gasteiger partial charge in [0.15, 0.2) is 0 Å². The Kier molecular flexibility index (Phi) is 5.17. The van der Waals surface area contributed by atoms with Gasteiger partial charge in [-0.2, -0.15) is 5.10 Å². The average Bonchev–Trinajstić information content (AvgIpc) is 3.41.